The van der Waals surface area contributed by atoms with Crippen molar-refractivity contribution in [3.8, 4) is 11.5 Å². The SMILES string of the molecule is CC(NC(=O)CSc1nnc(C2COc3ccccc3O2)n1C)C1CC2CCC1C2. The number of benzene rings is 1. The lowest BCUT2D eigenvalue weighted by molar-refractivity contribution is -0.119. The summed E-state index contributed by atoms with van der Waals surface area (Å²) in [6.45, 7) is 2.54. The lowest BCUT2D eigenvalue weighted by Gasteiger charge is -2.28. The number of carbonyl (C=O) groups excluding carboxylic acids is 1. The van der Waals surface area contributed by atoms with Gasteiger partial charge in [-0.2, -0.15) is 0 Å². The Kier molecular flexibility index (Phi) is 5.35. The Balaban J connectivity index is 1.16. The molecule has 0 spiro atoms. The smallest absolute Gasteiger partial charge is 0.230 e. The van der Waals surface area contributed by atoms with E-state index in [1.807, 2.05) is 35.9 Å². The van der Waals surface area contributed by atoms with Crippen LogP contribution < -0.4 is 14.8 Å². The summed E-state index contributed by atoms with van der Waals surface area (Å²) >= 11 is 1.41. The molecule has 2 bridgehead atoms. The van der Waals surface area contributed by atoms with E-state index in [1.165, 1.54) is 37.4 Å². The number of rotatable bonds is 6. The molecule has 0 radical (unpaired) electrons. The zero-order valence-electron chi connectivity index (χ0n) is 17.4. The van der Waals surface area contributed by atoms with Gasteiger partial charge in [0.25, 0.3) is 0 Å². The Labute approximate surface area is 180 Å². The highest BCUT2D eigenvalue weighted by Gasteiger charge is 2.42. The Morgan fingerprint density at radius 1 is 1.27 bits per heavy atom. The van der Waals surface area contributed by atoms with Crippen molar-refractivity contribution in [1.82, 2.24) is 20.1 Å². The molecule has 2 aromatic rings. The number of carbonyl (C=O) groups is 1. The van der Waals surface area contributed by atoms with Crippen LogP contribution in [0, 0.1) is 17.8 Å². The van der Waals surface area contributed by atoms with Gasteiger partial charge in [0.15, 0.2) is 28.6 Å². The predicted octanol–water partition coefficient (Wildman–Crippen LogP) is 3.36. The summed E-state index contributed by atoms with van der Waals surface area (Å²) in [6, 6.07) is 7.85. The zero-order valence-corrected chi connectivity index (χ0v) is 18.2. The summed E-state index contributed by atoms with van der Waals surface area (Å²) in [5.41, 5.74) is 0. The fourth-order valence-corrected chi connectivity index (χ4v) is 6.05. The van der Waals surface area contributed by atoms with Crippen molar-refractivity contribution in [1.29, 1.82) is 0 Å². The second-order valence-corrected chi connectivity index (χ2v) is 9.69. The van der Waals surface area contributed by atoms with Gasteiger partial charge in [-0.15, -0.1) is 10.2 Å². The third-order valence-electron chi connectivity index (χ3n) is 6.82. The lowest BCUT2D eigenvalue weighted by atomic mass is 9.84. The molecular weight excluding hydrogens is 400 g/mol. The second kappa shape index (κ2) is 8.13. The van der Waals surface area contributed by atoms with Gasteiger partial charge in [-0.1, -0.05) is 30.3 Å². The molecule has 7 nitrogen and oxygen atoms in total. The molecule has 3 aliphatic rings. The first-order valence-electron chi connectivity index (χ1n) is 10.8. The molecule has 1 N–H and O–H groups in total. The van der Waals surface area contributed by atoms with E-state index < -0.39 is 0 Å². The van der Waals surface area contributed by atoms with Crippen LogP contribution in [0.15, 0.2) is 29.4 Å². The van der Waals surface area contributed by atoms with E-state index in [-0.39, 0.29) is 18.1 Å². The molecule has 30 heavy (non-hydrogen) atoms. The summed E-state index contributed by atoms with van der Waals surface area (Å²) in [5, 5.41) is 12.5. The molecule has 8 heteroatoms. The number of fused-ring (bicyclic) bond motifs is 3. The minimum atomic E-state index is -0.321. The first kappa shape index (κ1) is 19.7. The molecule has 5 rings (SSSR count). The van der Waals surface area contributed by atoms with Crippen molar-refractivity contribution in [2.45, 2.75) is 49.9 Å². The maximum absolute atomic E-state index is 12.5. The van der Waals surface area contributed by atoms with Gasteiger partial charge in [0.05, 0.1) is 5.75 Å². The Morgan fingerprint density at radius 3 is 2.87 bits per heavy atom. The summed E-state index contributed by atoms with van der Waals surface area (Å²) in [7, 11) is 1.90. The predicted molar refractivity (Wildman–Crippen MR) is 114 cm³/mol. The molecule has 1 aliphatic heterocycles. The normalized spacial score (nSPS) is 27.8. The quantitative estimate of drug-likeness (QED) is 0.711. The monoisotopic (exact) mass is 428 g/mol. The highest BCUT2D eigenvalue weighted by Crippen LogP contribution is 2.49. The minimum Gasteiger partial charge on any atom is -0.485 e. The maximum Gasteiger partial charge on any atom is 0.230 e. The van der Waals surface area contributed by atoms with Crippen molar-refractivity contribution in [2.75, 3.05) is 12.4 Å². The van der Waals surface area contributed by atoms with Gasteiger partial charge >= 0.3 is 0 Å². The van der Waals surface area contributed by atoms with E-state index in [9.17, 15) is 4.79 Å². The van der Waals surface area contributed by atoms with Crippen LogP contribution in [0.1, 0.15) is 44.5 Å². The number of nitrogens with one attached hydrogen (secondary N) is 1. The molecule has 160 valence electrons. The highest BCUT2D eigenvalue weighted by atomic mass is 32.2. The highest BCUT2D eigenvalue weighted by molar-refractivity contribution is 7.99. The fourth-order valence-electron chi connectivity index (χ4n) is 5.32. The average molecular weight is 429 g/mol. The Hall–Kier alpha value is -2.22. The third kappa shape index (κ3) is 3.77. The van der Waals surface area contributed by atoms with Crippen LogP contribution in [-0.4, -0.2) is 39.1 Å². The van der Waals surface area contributed by atoms with E-state index in [4.69, 9.17) is 9.47 Å². The Bertz CT molecular complexity index is 933. The van der Waals surface area contributed by atoms with Gasteiger partial charge in [-0.25, -0.2) is 0 Å². The molecule has 2 fully saturated rings. The van der Waals surface area contributed by atoms with E-state index >= 15 is 0 Å². The minimum absolute atomic E-state index is 0.0611. The summed E-state index contributed by atoms with van der Waals surface area (Å²) in [6.07, 6.45) is 5.03. The fraction of sp³-hybridized carbons (Fsp3) is 0.591. The van der Waals surface area contributed by atoms with Crippen LogP contribution >= 0.6 is 11.8 Å². The maximum atomic E-state index is 12.5. The number of aromatic nitrogens is 3. The van der Waals surface area contributed by atoms with E-state index in [1.54, 1.807) is 0 Å². The number of nitrogens with zero attached hydrogens (tertiary/aromatic N) is 3. The average Bonchev–Trinajstić information content (AvgIpc) is 3.48. The molecule has 5 atom stereocenters. The molecule has 1 aromatic heterocycles. The van der Waals surface area contributed by atoms with Crippen LogP contribution in [0.2, 0.25) is 0 Å². The number of ether oxygens (including phenoxy) is 2. The number of hydrogen-bond donors (Lipinski definition) is 1. The van der Waals surface area contributed by atoms with Crippen molar-refractivity contribution in [3.05, 3.63) is 30.1 Å². The van der Waals surface area contributed by atoms with E-state index in [2.05, 4.69) is 22.4 Å². The van der Waals surface area contributed by atoms with Crippen molar-refractivity contribution < 1.29 is 14.3 Å². The van der Waals surface area contributed by atoms with Gasteiger partial charge < -0.3 is 19.4 Å². The van der Waals surface area contributed by atoms with Crippen molar-refractivity contribution in [3.63, 3.8) is 0 Å². The lowest BCUT2D eigenvalue weighted by Crippen LogP contribution is -2.40. The third-order valence-corrected chi connectivity index (χ3v) is 7.84. The van der Waals surface area contributed by atoms with Crippen LogP contribution in [0.3, 0.4) is 0 Å². The van der Waals surface area contributed by atoms with Crippen LogP contribution in [-0.2, 0) is 11.8 Å². The molecule has 1 aromatic carbocycles. The largest absolute Gasteiger partial charge is 0.485 e. The van der Waals surface area contributed by atoms with Gasteiger partial charge in [0, 0.05) is 13.1 Å². The summed E-state index contributed by atoms with van der Waals surface area (Å²) < 4.78 is 13.7. The summed E-state index contributed by atoms with van der Waals surface area (Å²) in [5.74, 6) is 4.89. The number of hydrogen-bond acceptors (Lipinski definition) is 6. The molecule has 2 aliphatic carbocycles. The Morgan fingerprint density at radius 2 is 2.10 bits per heavy atom. The molecule has 5 unspecified atom stereocenters. The number of thioether (sulfide) groups is 1. The standard InChI is InChI=1S/C22H28N4O3S/c1-13(16-10-14-7-8-15(16)9-14)23-20(27)12-30-22-25-24-21(26(22)2)19-11-28-17-5-3-4-6-18(17)29-19/h3-6,13-16,19H,7-12H2,1-2H3,(H,23,27). The van der Waals surface area contributed by atoms with Crippen LogP contribution in [0.25, 0.3) is 0 Å². The molecule has 2 saturated carbocycles. The zero-order chi connectivity index (χ0) is 20.7. The van der Waals surface area contributed by atoms with E-state index in [0.29, 0.717) is 35.0 Å². The number of amides is 1. The van der Waals surface area contributed by atoms with Crippen LogP contribution in [0.5, 0.6) is 11.5 Å². The molecule has 1 amide bonds. The van der Waals surface area contributed by atoms with Crippen molar-refractivity contribution >= 4 is 17.7 Å². The molecule has 0 saturated heterocycles. The molecular formula is C22H28N4O3S. The van der Waals surface area contributed by atoms with Crippen molar-refractivity contribution in [2.24, 2.45) is 24.8 Å². The first-order chi connectivity index (χ1) is 14.6. The summed E-state index contributed by atoms with van der Waals surface area (Å²) in [4.78, 5) is 12.5. The van der Waals surface area contributed by atoms with Gasteiger partial charge in [0.2, 0.25) is 5.91 Å². The van der Waals surface area contributed by atoms with Crippen LogP contribution in [0.4, 0.5) is 0 Å². The van der Waals surface area contributed by atoms with Gasteiger partial charge in [-0.3, -0.25) is 4.79 Å². The van der Waals surface area contributed by atoms with Gasteiger partial charge in [-0.05, 0) is 56.1 Å². The number of para-hydroxylation sites is 2. The molecule has 2 heterocycles. The second-order valence-electron chi connectivity index (χ2n) is 8.75. The topological polar surface area (TPSA) is 78.3 Å². The first-order valence-corrected chi connectivity index (χ1v) is 11.8. The van der Waals surface area contributed by atoms with Gasteiger partial charge in [0.1, 0.15) is 6.61 Å². The van der Waals surface area contributed by atoms with E-state index in [0.717, 1.165) is 17.6 Å².